The fraction of sp³-hybridized carbons (Fsp3) is 0.0833. The maximum absolute atomic E-state index is 13.6. The molecule has 0 spiro atoms. The van der Waals surface area contributed by atoms with Gasteiger partial charge in [-0.15, -0.1) is 0 Å². The zero-order valence-electron chi connectivity index (χ0n) is 9.01. The Kier molecular flexibility index (Phi) is 4.04. The fourth-order valence-corrected chi connectivity index (χ4v) is 2.05. The van der Waals surface area contributed by atoms with Crippen LogP contribution in [0.4, 0.5) is 10.1 Å². The first-order chi connectivity index (χ1) is 8.60. The molecule has 0 aliphatic rings. The van der Waals surface area contributed by atoms with Gasteiger partial charge in [0.15, 0.2) is 4.67 Å². The van der Waals surface area contributed by atoms with Gasteiger partial charge in [0.05, 0.1) is 28.3 Å². The Labute approximate surface area is 120 Å². The van der Waals surface area contributed by atoms with Crippen LogP contribution in [0.3, 0.4) is 0 Å². The number of anilines is 1. The van der Waals surface area contributed by atoms with Gasteiger partial charge in [-0.05, 0) is 56.1 Å². The van der Waals surface area contributed by atoms with Crippen molar-refractivity contribution in [2.75, 3.05) is 5.32 Å². The number of benzene rings is 1. The number of hydrogen-bond acceptors (Lipinski definition) is 3. The van der Waals surface area contributed by atoms with Crippen molar-refractivity contribution in [2.45, 2.75) is 6.54 Å². The third-order valence-electron chi connectivity index (χ3n) is 2.25. The van der Waals surface area contributed by atoms with Crippen molar-refractivity contribution >= 4 is 37.5 Å². The summed E-state index contributed by atoms with van der Waals surface area (Å²) in [6.45, 7) is 0.354. The Hall–Kier alpha value is -1.32. The molecule has 0 bridgehead atoms. The molecule has 1 aromatic carbocycles. The second-order valence-corrected chi connectivity index (χ2v) is 5.07. The van der Waals surface area contributed by atoms with Gasteiger partial charge in [0, 0.05) is 0 Å². The van der Waals surface area contributed by atoms with E-state index < -0.39 is 5.82 Å². The van der Waals surface area contributed by atoms with Crippen LogP contribution >= 0.6 is 31.9 Å². The predicted octanol–water partition coefficient (Wildman–Crippen LogP) is 4.43. The number of furan rings is 1. The minimum atomic E-state index is -0.460. The molecule has 3 nitrogen and oxygen atoms in total. The molecule has 2 aromatic rings. The van der Waals surface area contributed by atoms with E-state index in [1.54, 1.807) is 12.1 Å². The SMILES string of the molecule is N#Cc1ccc(NCc2cc(Br)c(Br)o2)c(F)c1. The van der Waals surface area contributed by atoms with Gasteiger partial charge in [0.25, 0.3) is 0 Å². The molecule has 0 unspecified atom stereocenters. The first-order valence-corrected chi connectivity index (χ1v) is 6.56. The Morgan fingerprint density at radius 2 is 2.11 bits per heavy atom. The average molecular weight is 374 g/mol. The zero-order valence-corrected chi connectivity index (χ0v) is 12.2. The standard InChI is InChI=1S/C12H7Br2FN2O/c13-9-4-8(18-12(9)14)6-17-11-2-1-7(5-16)3-10(11)15/h1-4,17H,6H2. The summed E-state index contributed by atoms with van der Waals surface area (Å²) in [7, 11) is 0. The van der Waals surface area contributed by atoms with Gasteiger partial charge in [-0.3, -0.25) is 0 Å². The molecular formula is C12H7Br2FN2O. The van der Waals surface area contributed by atoms with Gasteiger partial charge >= 0.3 is 0 Å². The third kappa shape index (κ3) is 2.92. The van der Waals surface area contributed by atoms with Crippen molar-refractivity contribution < 1.29 is 8.81 Å². The van der Waals surface area contributed by atoms with E-state index in [1.165, 1.54) is 12.1 Å². The highest BCUT2D eigenvalue weighted by atomic mass is 79.9. The van der Waals surface area contributed by atoms with Crippen molar-refractivity contribution in [1.82, 2.24) is 0 Å². The predicted molar refractivity (Wildman–Crippen MR) is 72.5 cm³/mol. The van der Waals surface area contributed by atoms with Crippen LogP contribution in [0.2, 0.25) is 0 Å². The summed E-state index contributed by atoms with van der Waals surface area (Å²) < 4.78 is 20.3. The highest BCUT2D eigenvalue weighted by molar-refractivity contribution is 9.13. The molecule has 0 saturated carbocycles. The molecule has 92 valence electrons. The molecule has 1 heterocycles. The molecule has 18 heavy (non-hydrogen) atoms. The van der Waals surface area contributed by atoms with E-state index in [2.05, 4.69) is 37.2 Å². The van der Waals surface area contributed by atoms with Crippen LogP contribution < -0.4 is 5.32 Å². The van der Waals surface area contributed by atoms with Crippen LogP contribution in [-0.4, -0.2) is 0 Å². The van der Waals surface area contributed by atoms with Crippen LogP contribution in [0.25, 0.3) is 0 Å². The molecule has 0 aliphatic carbocycles. The highest BCUT2D eigenvalue weighted by Crippen LogP contribution is 2.27. The summed E-state index contributed by atoms with van der Waals surface area (Å²) in [4.78, 5) is 0. The van der Waals surface area contributed by atoms with E-state index in [9.17, 15) is 4.39 Å². The van der Waals surface area contributed by atoms with Crippen LogP contribution in [0.15, 0.2) is 37.8 Å². The molecule has 0 aliphatic heterocycles. The fourth-order valence-electron chi connectivity index (χ4n) is 1.39. The van der Waals surface area contributed by atoms with Crippen molar-refractivity contribution in [1.29, 1.82) is 5.26 Å². The lowest BCUT2D eigenvalue weighted by atomic mass is 10.2. The zero-order chi connectivity index (χ0) is 13.1. The van der Waals surface area contributed by atoms with E-state index in [0.29, 0.717) is 28.2 Å². The third-order valence-corrected chi connectivity index (χ3v) is 3.96. The highest BCUT2D eigenvalue weighted by Gasteiger charge is 2.07. The summed E-state index contributed by atoms with van der Waals surface area (Å²) in [6.07, 6.45) is 0. The number of nitrogens with zero attached hydrogens (tertiary/aromatic N) is 1. The summed E-state index contributed by atoms with van der Waals surface area (Å²) in [5.41, 5.74) is 0.624. The van der Waals surface area contributed by atoms with Crippen molar-refractivity contribution in [2.24, 2.45) is 0 Å². The lowest BCUT2D eigenvalue weighted by Crippen LogP contribution is -2.00. The van der Waals surface area contributed by atoms with Gasteiger partial charge in [-0.2, -0.15) is 5.26 Å². The van der Waals surface area contributed by atoms with Crippen molar-refractivity contribution in [3.8, 4) is 6.07 Å². The van der Waals surface area contributed by atoms with E-state index in [1.807, 2.05) is 6.07 Å². The molecule has 0 radical (unpaired) electrons. The van der Waals surface area contributed by atoms with Crippen LogP contribution in [0, 0.1) is 17.1 Å². The Bertz CT molecular complexity index is 600. The number of rotatable bonds is 3. The molecule has 1 N–H and O–H groups in total. The van der Waals surface area contributed by atoms with Crippen LogP contribution in [-0.2, 0) is 6.54 Å². The summed E-state index contributed by atoms with van der Waals surface area (Å²) in [5.74, 6) is 0.205. The largest absolute Gasteiger partial charge is 0.451 e. The van der Waals surface area contributed by atoms with Gasteiger partial charge in [0.1, 0.15) is 11.6 Å². The quantitative estimate of drug-likeness (QED) is 0.865. The Morgan fingerprint density at radius 1 is 1.33 bits per heavy atom. The molecule has 2 rings (SSSR count). The molecule has 1 aromatic heterocycles. The van der Waals surface area contributed by atoms with Gasteiger partial charge < -0.3 is 9.73 Å². The van der Waals surface area contributed by atoms with Crippen LogP contribution in [0.5, 0.6) is 0 Å². The maximum atomic E-state index is 13.6. The summed E-state index contributed by atoms with van der Waals surface area (Å²) >= 11 is 6.52. The van der Waals surface area contributed by atoms with Gasteiger partial charge in [-0.25, -0.2) is 4.39 Å². The van der Waals surface area contributed by atoms with Gasteiger partial charge in [0.2, 0.25) is 0 Å². The first-order valence-electron chi connectivity index (χ1n) is 4.97. The number of halogens is 3. The molecule has 0 atom stereocenters. The monoisotopic (exact) mass is 372 g/mol. The second-order valence-electron chi connectivity index (χ2n) is 3.49. The average Bonchev–Trinajstić information content (AvgIpc) is 2.67. The van der Waals surface area contributed by atoms with Gasteiger partial charge in [-0.1, -0.05) is 0 Å². The minimum Gasteiger partial charge on any atom is -0.451 e. The topological polar surface area (TPSA) is 49.0 Å². The summed E-state index contributed by atoms with van der Waals surface area (Å²) in [6, 6.07) is 7.95. The Balaban J connectivity index is 2.09. The first kappa shape index (κ1) is 13.1. The molecule has 0 fully saturated rings. The van der Waals surface area contributed by atoms with Crippen molar-refractivity contribution in [3.63, 3.8) is 0 Å². The summed E-state index contributed by atoms with van der Waals surface area (Å²) in [5, 5.41) is 11.5. The Morgan fingerprint density at radius 3 is 2.67 bits per heavy atom. The smallest absolute Gasteiger partial charge is 0.183 e. The number of nitrogens with one attached hydrogen (secondary N) is 1. The van der Waals surface area contributed by atoms with E-state index in [0.717, 1.165) is 4.47 Å². The van der Waals surface area contributed by atoms with E-state index in [-0.39, 0.29) is 0 Å². The normalized spacial score (nSPS) is 10.1. The van der Waals surface area contributed by atoms with E-state index >= 15 is 0 Å². The lowest BCUT2D eigenvalue weighted by Gasteiger charge is -2.05. The lowest BCUT2D eigenvalue weighted by molar-refractivity contribution is 0.493. The molecule has 6 heteroatoms. The van der Waals surface area contributed by atoms with E-state index in [4.69, 9.17) is 9.68 Å². The molecule has 0 amide bonds. The molecular weight excluding hydrogens is 367 g/mol. The number of hydrogen-bond donors (Lipinski definition) is 1. The minimum absolute atomic E-state index is 0.293. The van der Waals surface area contributed by atoms with Crippen molar-refractivity contribution in [3.05, 3.63) is 50.5 Å². The maximum Gasteiger partial charge on any atom is 0.183 e. The number of nitriles is 1. The second kappa shape index (κ2) is 5.55. The van der Waals surface area contributed by atoms with Crippen LogP contribution in [0.1, 0.15) is 11.3 Å². The molecule has 0 saturated heterocycles.